The van der Waals surface area contributed by atoms with E-state index in [2.05, 4.69) is 39.7 Å². The van der Waals surface area contributed by atoms with E-state index in [1.165, 1.54) is 0 Å². The first-order chi connectivity index (χ1) is 18.4. The molecule has 196 valence electrons. The molecule has 3 heterocycles. The lowest BCUT2D eigenvalue weighted by atomic mass is 9.96. The molecule has 0 saturated carbocycles. The number of hydrogen-bond acceptors (Lipinski definition) is 5. The van der Waals surface area contributed by atoms with Gasteiger partial charge in [0, 0.05) is 36.1 Å². The number of anilines is 1. The molecule has 2 N–H and O–H groups in total. The van der Waals surface area contributed by atoms with Gasteiger partial charge in [0.05, 0.1) is 29.4 Å². The molecule has 0 unspecified atom stereocenters. The quantitative estimate of drug-likeness (QED) is 0.205. The highest BCUT2D eigenvalue weighted by Crippen LogP contribution is 2.45. The zero-order valence-corrected chi connectivity index (χ0v) is 23.0. The fraction of sp³-hybridized carbons (Fsp3) is 0.241. The topological polar surface area (TPSA) is 71.8 Å². The van der Waals surface area contributed by atoms with Crippen LogP contribution in [-0.2, 0) is 4.74 Å². The Morgan fingerprint density at radius 3 is 2.47 bits per heavy atom. The summed E-state index contributed by atoms with van der Waals surface area (Å²) in [6.45, 7) is 5.06. The Hall–Kier alpha value is -3.59. The Balaban J connectivity index is 1.60. The zero-order valence-electron chi connectivity index (χ0n) is 21.4. The maximum absolute atomic E-state index is 9.80. The number of rotatable bonds is 8. The molecule has 1 aliphatic heterocycles. The van der Waals surface area contributed by atoms with Gasteiger partial charge in [0.2, 0.25) is 0 Å². The number of benzene rings is 2. The van der Waals surface area contributed by atoms with Gasteiger partial charge >= 0.3 is 0 Å². The number of hydrogen-bond donors (Lipinski definition) is 2. The third-order valence-electron chi connectivity index (χ3n) is 6.73. The number of ether oxygens (including phenoxy) is 2. The first-order valence-corrected chi connectivity index (χ1v) is 13.1. The van der Waals surface area contributed by atoms with Gasteiger partial charge in [0.25, 0.3) is 0 Å². The van der Waals surface area contributed by atoms with Crippen molar-refractivity contribution in [1.82, 2.24) is 14.9 Å². The van der Waals surface area contributed by atoms with Crippen LogP contribution in [0, 0.1) is 13.8 Å². The van der Waals surface area contributed by atoms with Crippen molar-refractivity contribution < 1.29 is 14.6 Å². The first-order valence-electron chi connectivity index (χ1n) is 12.3. The predicted molar refractivity (Wildman–Crippen MR) is 154 cm³/mol. The molecular formula is C29H29ClN4O3S. The second-order valence-corrected chi connectivity index (χ2v) is 9.92. The molecule has 2 aromatic heterocycles. The van der Waals surface area contributed by atoms with Crippen LogP contribution in [0.25, 0.3) is 5.69 Å². The Bertz CT molecular complexity index is 1440. The number of phenolic OH excluding ortho intramolecular Hbond substituents is 1. The second kappa shape index (κ2) is 11.0. The lowest BCUT2D eigenvalue weighted by molar-refractivity contribution is 0.146. The zero-order chi connectivity index (χ0) is 26.8. The molecule has 0 spiro atoms. The van der Waals surface area contributed by atoms with Gasteiger partial charge in [-0.25, -0.2) is 0 Å². The maximum atomic E-state index is 9.80. The normalized spacial score (nSPS) is 17.1. The van der Waals surface area contributed by atoms with Gasteiger partial charge in [0.1, 0.15) is 18.1 Å². The van der Waals surface area contributed by atoms with E-state index in [0.717, 1.165) is 34.0 Å². The highest BCUT2D eigenvalue weighted by Gasteiger charge is 2.42. The number of halogens is 1. The molecule has 9 heteroatoms. The Morgan fingerprint density at radius 2 is 1.79 bits per heavy atom. The predicted octanol–water partition coefficient (Wildman–Crippen LogP) is 6.05. The van der Waals surface area contributed by atoms with Crippen molar-refractivity contribution in [3.8, 4) is 17.2 Å². The number of aromatic nitrogens is 2. The van der Waals surface area contributed by atoms with Gasteiger partial charge in [-0.2, -0.15) is 0 Å². The molecule has 0 bridgehead atoms. The van der Waals surface area contributed by atoms with Crippen LogP contribution >= 0.6 is 23.8 Å². The third kappa shape index (κ3) is 4.95. The van der Waals surface area contributed by atoms with Crippen LogP contribution in [0.15, 0.2) is 72.9 Å². The molecule has 1 aliphatic rings. The summed E-state index contributed by atoms with van der Waals surface area (Å²) in [6, 6.07) is 20.6. The number of methoxy groups -OCH3 is 1. The largest absolute Gasteiger partial charge is 0.508 e. The SMILES string of the molecule is COCCOc1ccc(N2C(=S)N[C@@H](c3ccccn3)[C@H]2c2cc(C)n(-c3ccc(O)cc3)c2C)cc1Cl. The summed E-state index contributed by atoms with van der Waals surface area (Å²) < 4.78 is 13.0. The fourth-order valence-electron chi connectivity index (χ4n) is 5.03. The molecule has 1 saturated heterocycles. The summed E-state index contributed by atoms with van der Waals surface area (Å²) in [6.07, 6.45) is 1.79. The number of pyridine rings is 1. The molecular weight excluding hydrogens is 520 g/mol. The third-order valence-corrected chi connectivity index (χ3v) is 7.34. The highest BCUT2D eigenvalue weighted by molar-refractivity contribution is 7.80. The minimum absolute atomic E-state index is 0.186. The number of aryl methyl sites for hydroxylation is 1. The lowest BCUT2D eigenvalue weighted by Gasteiger charge is -2.28. The Labute approximate surface area is 232 Å². The summed E-state index contributed by atoms with van der Waals surface area (Å²) in [4.78, 5) is 6.76. The van der Waals surface area contributed by atoms with Crippen LogP contribution < -0.4 is 15.0 Å². The minimum Gasteiger partial charge on any atom is -0.508 e. The van der Waals surface area contributed by atoms with Gasteiger partial charge in [-0.1, -0.05) is 17.7 Å². The monoisotopic (exact) mass is 548 g/mol. The van der Waals surface area contributed by atoms with Crippen molar-refractivity contribution in [3.05, 3.63) is 101 Å². The van der Waals surface area contributed by atoms with Gasteiger partial charge in [-0.3, -0.25) is 4.98 Å². The molecule has 0 amide bonds. The molecule has 4 aromatic rings. The number of thiocarbonyl (C=S) groups is 1. The summed E-state index contributed by atoms with van der Waals surface area (Å²) in [7, 11) is 1.63. The van der Waals surface area contributed by atoms with Gasteiger partial charge in [-0.15, -0.1) is 0 Å². The maximum Gasteiger partial charge on any atom is 0.174 e. The van der Waals surface area contributed by atoms with Crippen molar-refractivity contribution in [1.29, 1.82) is 0 Å². The van der Waals surface area contributed by atoms with Crippen LogP contribution in [0.3, 0.4) is 0 Å². The van der Waals surface area contributed by atoms with Gasteiger partial charge < -0.3 is 29.4 Å². The molecule has 1 fully saturated rings. The average Bonchev–Trinajstić information content (AvgIpc) is 3.41. The van der Waals surface area contributed by atoms with Gasteiger partial charge in [-0.05, 0) is 92.3 Å². The van der Waals surface area contributed by atoms with Crippen molar-refractivity contribution in [3.63, 3.8) is 0 Å². The van der Waals surface area contributed by atoms with E-state index in [4.69, 9.17) is 33.3 Å². The Kier molecular flexibility index (Phi) is 7.56. The average molecular weight is 549 g/mol. The van der Waals surface area contributed by atoms with Crippen LogP contribution in [0.1, 0.15) is 34.7 Å². The Morgan fingerprint density at radius 1 is 1.03 bits per heavy atom. The van der Waals surface area contributed by atoms with Crippen molar-refractivity contribution >= 4 is 34.6 Å². The number of nitrogens with one attached hydrogen (secondary N) is 1. The van der Waals surface area contributed by atoms with E-state index < -0.39 is 0 Å². The molecule has 0 aliphatic carbocycles. The lowest BCUT2D eigenvalue weighted by Crippen LogP contribution is -2.29. The van der Waals surface area contributed by atoms with Crippen LogP contribution in [0.4, 0.5) is 5.69 Å². The van der Waals surface area contributed by atoms with E-state index in [0.29, 0.717) is 29.1 Å². The number of phenols is 1. The van der Waals surface area contributed by atoms with E-state index in [1.807, 2.05) is 48.5 Å². The molecule has 2 aromatic carbocycles. The number of aromatic hydroxyl groups is 1. The van der Waals surface area contributed by atoms with E-state index in [-0.39, 0.29) is 17.8 Å². The second-order valence-electron chi connectivity index (χ2n) is 9.13. The molecule has 7 nitrogen and oxygen atoms in total. The van der Waals surface area contributed by atoms with Crippen LogP contribution in [-0.4, -0.2) is 40.1 Å². The van der Waals surface area contributed by atoms with Gasteiger partial charge in [0.15, 0.2) is 5.11 Å². The molecule has 0 radical (unpaired) electrons. The molecule has 38 heavy (non-hydrogen) atoms. The van der Waals surface area contributed by atoms with Crippen LogP contribution in [0.2, 0.25) is 5.02 Å². The molecule has 2 atom stereocenters. The smallest absolute Gasteiger partial charge is 0.174 e. The summed E-state index contributed by atoms with van der Waals surface area (Å²) in [5.74, 6) is 0.823. The minimum atomic E-state index is -0.189. The van der Waals surface area contributed by atoms with Crippen molar-refractivity contribution in [2.75, 3.05) is 25.2 Å². The highest BCUT2D eigenvalue weighted by atomic mass is 35.5. The van der Waals surface area contributed by atoms with Crippen LogP contribution in [0.5, 0.6) is 11.5 Å². The summed E-state index contributed by atoms with van der Waals surface area (Å²) in [5, 5.41) is 14.4. The molecule has 5 rings (SSSR count). The summed E-state index contributed by atoms with van der Waals surface area (Å²) >= 11 is 12.5. The van der Waals surface area contributed by atoms with E-state index in [1.54, 1.807) is 25.4 Å². The number of nitrogens with zero attached hydrogens (tertiary/aromatic N) is 3. The fourth-order valence-corrected chi connectivity index (χ4v) is 5.60. The van der Waals surface area contributed by atoms with Crippen molar-refractivity contribution in [2.45, 2.75) is 25.9 Å². The van der Waals surface area contributed by atoms with Crippen molar-refractivity contribution in [2.24, 2.45) is 0 Å². The standard InChI is InChI=1S/C29H29ClN4O3S/c1-18-16-23(19(2)33(18)20-7-10-22(35)11-8-20)28-27(25-6-4-5-13-31-25)32-29(38)34(28)21-9-12-26(24(30)17-21)37-15-14-36-3/h4-13,16-17,27-28,35H,14-15H2,1-3H3,(H,32,38)/t27-,28+/m0/s1. The summed E-state index contributed by atoms with van der Waals surface area (Å²) in [5.41, 5.74) is 5.96. The first kappa shape index (κ1) is 26.0. The van der Waals surface area contributed by atoms with E-state index in [9.17, 15) is 5.11 Å². The van der Waals surface area contributed by atoms with E-state index >= 15 is 0 Å².